The Morgan fingerprint density at radius 1 is 0.967 bits per heavy atom. The van der Waals surface area contributed by atoms with E-state index < -0.39 is 17.4 Å². The minimum atomic E-state index is -1.26. The molecule has 7 nitrogen and oxygen atoms in total. The molecule has 1 atom stereocenters. The lowest BCUT2D eigenvalue weighted by Crippen LogP contribution is -2.42. The first-order chi connectivity index (χ1) is 14.2. The van der Waals surface area contributed by atoms with Crippen LogP contribution in [0.1, 0.15) is 30.9 Å². The third kappa shape index (κ3) is 4.75. The van der Waals surface area contributed by atoms with E-state index in [1.807, 2.05) is 43.4 Å². The minimum Gasteiger partial charge on any atom is -0.478 e. The Bertz CT molecular complexity index is 906. The van der Waals surface area contributed by atoms with Gasteiger partial charge in [-0.25, -0.2) is 9.59 Å². The Kier molecular flexibility index (Phi) is 7.49. The highest BCUT2D eigenvalue weighted by Crippen LogP contribution is 2.51. The van der Waals surface area contributed by atoms with Crippen molar-refractivity contribution in [2.24, 2.45) is 5.73 Å². The summed E-state index contributed by atoms with van der Waals surface area (Å²) in [6, 6.07) is 16.6. The maximum absolute atomic E-state index is 12.6. The summed E-state index contributed by atoms with van der Waals surface area (Å²) in [7, 11) is 1.94. The number of hydrogen-bond donors (Lipinski definition) is 4. The first-order valence-corrected chi connectivity index (χ1v) is 9.54. The van der Waals surface area contributed by atoms with Gasteiger partial charge in [0.2, 0.25) is 5.91 Å². The number of carbonyl (C=O) groups is 3. The van der Waals surface area contributed by atoms with Gasteiger partial charge in [0.25, 0.3) is 0 Å². The van der Waals surface area contributed by atoms with E-state index in [0.29, 0.717) is 18.2 Å². The predicted molar refractivity (Wildman–Crippen MR) is 114 cm³/mol. The van der Waals surface area contributed by atoms with Crippen molar-refractivity contribution in [3.63, 3.8) is 0 Å². The molecule has 7 heteroatoms. The summed E-state index contributed by atoms with van der Waals surface area (Å²) >= 11 is 0. The van der Waals surface area contributed by atoms with Crippen LogP contribution < -0.4 is 11.1 Å². The Balaban J connectivity index is 0.000000343. The fraction of sp³-hybridized carbons (Fsp3) is 0.261. The summed E-state index contributed by atoms with van der Waals surface area (Å²) in [5, 5.41) is 18.9. The summed E-state index contributed by atoms with van der Waals surface area (Å²) in [5.41, 5.74) is 9.58. The average Bonchev–Trinajstić information content (AvgIpc) is 3.02. The molecule has 30 heavy (non-hydrogen) atoms. The third-order valence-corrected chi connectivity index (χ3v) is 5.30. The van der Waals surface area contributed by atoms with Gasteiger partial charge in [-0.05, 0) is 49.1 Å². The number of benzene rings is 2. The quantitative estimate of drug-likeness (QED) is 0.519. The van der Waals surface area contributed by atoms with Gasteiger partial charge in [0.1, 0.15) is 0 Å². The molecule has 1 aliphatic rings. The molecule has 1 amide bonds. The van der Waals surface area contributed by atoms with Crippen LogP contribution in [-0.2, 0) is 19.8 Å². The smallest absolute Gasteiger partial charge is 0.328 e. The van der Waals surface area contributed by atoms with Gasteiger partial charge in [-0.15, -0.1) is 0 Å². The zero-order valence-corrected chi connectivity index (χ0v) is 17.0. The normalized spacial score (nSPS) is 14.2. The van der Waals surface area contributed by atoms with Gasteiger partial charge < -0.3 is 21.3 Å². The van der Waals surface area contributed by atoms with E-state index in [1.165, 1.54) is 0 Å². The standard InChI is InChI=1S/C19H22N2O.C4H4O4/c1-13(21-2)11-12-19(18(20)22)16-9-5-3-7-14(16)15-8-4-6-10-17(15)19;5-3(6)1-2-4(7)8/h3-10,13,21H,11-12H2,1-2H3,(H2,20,22);1-2H,(H,5,6)(H,7,8)/b;2-1-. The number of hydrogen-bond acceptors (Lipinski definition) is 4. The molecular weight excluding hydrogens is 384 g/mol. The molecule has 0 saturated heterocycles. The summed E-state index contributed by atoms with van der Waals surface area (Å²) < 4.78 is 0. The number of nitrogens with two attached hydrogens (primary N) is 1. The van der Waals surface area contributed by atoms with Gasteiger partial charge in [-0.1, -0.05) is 48.5 Å². The number of carbonyl (C=O) groups excluding carboxylic acids is 1. The molecule has 0 fully saturated rings. The lowest BCUT2D eigenvalue weighted by molar-refractivity contribution is -0.134. The Morgan fingerprint density at radius 3 is 1.77 bits per heavy atom. The van der Waals surface area contributed by atoms with E-state index in [4.69, 9.17) is 15.9 Å². The molecule has 2 aromatic carbocycles. The minimum absolute atomic E-state index is 0.256. The largest absolute Gasteiger partial charge is 0.478 e. The summed E-state index contributed by atoms with van der Waals surface area (Å²) in [5.74, 6) is -2.77. The molecular formula is C23H26N2O5. The molecule has 0 heterocycles. The first kappa shape index (κ1) is 22.8. The van der Waals surface area contributed by atoms with Crippen LogP contribution in [0.25, 0.3) is 11.1 Å². The number of carboxylic acids is 2. The molecule has 0 aliphatic heterocycles. The van der Waals surface area contributed by atoms with E-state index in [9.17, 15) is 14.4 Å². The zero-order chi connectivity index (χ0) is 22.3. The first-order valence-electron chi connectivity index (χ1n) is 9.54. The van der Waals surface area contributed by atoms with E-state index in [0.717, 1.165) is 35.1 Å². The van der Waals surface area contributed by atoms with Crippen molar-refractivity contribution < 1.29 is 24.6 Å². The van der Waals surface area contributed by atoms with Crippen LogP contribution in [0.3, 0.4) is 0 Å². The van der Waals surface area contributed by atoms with Crippen LogP contribution in [0.15, 0.2) is 60.7 Å². The fourth-order valence-corrected chi connectivity index (χ4v) is 3.70. The van der Waals surface area contributed by atoms with Crippen LogP contribution in [-0.4, -0.2) is 41.1 Å². The van der Waals surface area contributed by atoms with E-state index in [2.05, 4.69) is 24.4 Å². The van der Waals surface area contributed by atoms with Crippen molar-refractivity contribution in [2.75, 3.05) is 7.05 Å². The molecule has 0 saturated carbocycles. The number of rotatable bonds is 7. The van der Waals surface area contributed by atoms with Gasteiger partial charge in [-0.2, -0.15) is 0 Å². The Morgan fingerprint density at radius 2 is 1.40 bits per heavy atom. The number of amides is 1. The molecule has 1 aliphatic carbocycles. The highest BCUT2D eigenvalue weighted by molar-refractivity contribution is 5.99. The van der Waals surface area contributed by atoms with E-state index in [-0.39, 0.29) is 5.91 Å². The highest BCUT2D eigenvalue weighted by Gasteiger charge is 2.47. The van der Waals surface area contributed by atoms with Gasteiger partial charge in [0.15, 0.2) is 0 Å². The fourth-order valence-electron chi connectivity index (χ4n) is 3.70. The number of nitrogens with one attached hydrogen (secondary N) is 1. The van der Waals surface area contributed by atoms with Crippen molar-refractivity contribution in [3.05, 3.63) is 71.8 Å². The maximum Gasteiger partial charge on any atom is 0.328 e. The molecule has 3 rings (SSSR count). The van der Waals surface area contributed by atoms with E-state index in [1.54, 1.807) is 0 Å². The second-order valence-corrected chi connectivity index (χ2v) is 7.10. The molecule has 0 aromatic heterocycles. The van der Waals surface area contributed by atoms with Crippen LogP contribution in [0.5, 0.6) is 0 Å². The maximum atomic E-state index is 12.6. The summed E-state index contributed by atoms with van der Waals surface area (Å²) in [6.07, 6.45) is 2.73. The zero-order valence-electron chi connectivity index (χ0n) is 17.0. The van der Waals surface area contributed by atoms with Crippen molar-refractivity contribution in [3.8, 4) is 11.1 Å². The Labute approximate surface area is 175 Å². The lowest BCUT2D eigenvalue weighted by atomic mass is 9.73. The van der Waals surface area contributed by atoms with Gasteiger partial charge >= 0.3 is 11.9 Å². The number of aliphatic carboxylic acids is 2. The molecule has 1 unspecified atom stereocenters. The SMILES string of the molecule is CNC(C)CCC1(C(N)=O)c2ccccc2-c2ccccc21.O=C(O)/C=C\C(=O)O. The molecule has 5 N–H and O–H groups in total. The molecule has 158 valence electrons. The van der Waals surface area contributed by atoms with Crippen LogP contribution in [0, 0.1) is 0 Å². The monoisotopic (exact) mass is 410 g/mol. The van der Waals surface area contributed by atoms with Gasteiger partial charge in [0, 0.05) is 18.2 Å². The lowest BCUT2D eigenvalue weighted by Gasteiger charge is -2.29. The topological polar surface area (TPSA) is 130 Å². The molecule has 0 radical (unpaired) electrons. The number of carboxylic acid groups (broad SMARTS) is 2. The van der Waals surface area contributed by atoms with Crippen molar-refractivity contribution in [1.82, 2.24) is 5.32 Å². The van der Waals surface area contributed by atoms with Crippen molar-refractivity contribution >= 4 is 17.8 Å². The molecule has 0 spiro atoms. The summed E-state index contributed by atoms with van der Waals surface area (Å²) in [6.45, 7) is 2.13. The van der Waals surface area contributed by atoms with Crippen LogP contribution in [0.2, 0.25) is 0 Å². The average molecular weight is 410 g/mol. The van der Waals surface area contributed by atoms with Crippen molar-refractivity contribution in [2.45, 2.75) is 31.2 Å². The summed E-state index contributed by atoms with van der Waals surface area (Å²) in [4.78, 5) is 31.7. The molecule has 2 aromatic rings. The number of fused-ring (bicyclic) bond motifs is 3. The third-order valence-electron chi connectivity index (χ3n) is 5.30. The van der Waals surface area contributed by atoms with E-state index >= 15 is 0 Å². The van der Waals surface area contributed by atoms with Crippen LogP contribution in [0.4, 0.5) is 0 Å². The van der Waals surface area contributed by atoms with Gasteiger partial charge in [0.05, 0.1) is 5.41 Å². The van der Waals surface area contributed by atoms with Crippen LogP contribution >= 0.6 is 0 Å². The van der Waals surface area contributed by atoms with Crippen molar-refractivity contribution in [1.29, 1.82) is 0 Å². The predicted octanol–water partition coefficient (Wildman–Crippen LogP) is 2.54. The second-order valence-electron chi connectivity index (χ2n) is 7.10. The number of primary amides is 1. The Hall–Kier alpha value is -3.45. The molecule has 0 bridgehead atoms. The van der Waals surface area contributed by atoms with Gasteiger partial charge in [-0.3, -0.25) is 4.79 Å². The highest BCUT2D eigenvalue weighted by atomic mass is 16.4. The second kappa shape index (κ2) is 9.84.